The second-order valence-electron chi connectivity index (χ2n) is 23.7. The van der Waals surface area contributed by atoms with E-state index in [4.69, 9.17) is 0 Å². The summed E-state index contributed by atoms with van der Waals surface area (Å²) in [4.78, 5) is 27.5. The average molecular weight is 1210 g/mol. The van der Waals surface area contributed by atoms with E-state index in [-0.39, 0.29) is 0 Å². The minimum absolute atomic E-state index is 0.933. The normalized spacial score (nSPS) is 22.7. The van der Waals surface area contributed by atoms with Gasteiger partial charge in [-0.1, -0.05) is 143 Å². The summed E-state index contributed by atoms with van der Waals surface area (Å²) in [6, 6.07) is 13.4. The molecule has 8 aliphatic rings. The Bertz CT molecular complexity index is 2940. The summed E-state index contributed by atoms with van der Waals surface area (Å²) < 4.78 is 8.76. The maximum absolute atomic E-state index is 4.28. The third-order valence-corrected chi connectivity index (χ3v) is 19.0. The Morgan fingerprint density at radius 3 is 1.28 bits per heavy atom. The van der Waals surface area contributed by atoms with Gasteiger partial charge in [0.2, 0.25) is 0 Å². The van der Waals surface area contributed by atoms with Gasteiger partial charge in [0.05, 0.1) is 70.9 Å². The van der Waals surface area contributed by atoms with Crippen LogP contribution in [0.3, 0.4) is 0 Å². The molecule has 12 heteroatoms. The summed E-state index contributed by atoms with van der Waals surface area (Å²) in [5.41, 5.74) is 13.1. The molecule has 88 heavy (non-hydrogen) atoms. The summed E-state index contributed by atoms with van der Waals surface area (Å²) in [6.45, 7) is 50.7. The van der Waals surface area contributed by atoms with E-state index in [9.17, 15) is 0 Å². The lowest BCUT2D eigenvalue weighted by molar-refractivity contribution is 0.494. The van der Waals surface area contributed by atoms with Gasteiger partial charge in [0.25, 0.3) is 0 Å². The summed E-state index contributed by atoms with van der Waals surface area (Å²) >= 11 is 0. The number of anilines is 4. The quantitative estimate of drug-likeness (QED) is 0.172. The van der Waals surface area contributed by atoms with Gasteiger partial charge >= 0.3 is 0 Å². The summed E-state index contributed by atoms with van der Waals surface area (Å²) in [5.74, 6) is 10.2. The molecule has 0 N–H and O–H groups in total. The van der Waals surface area contributed by atoms with Crippen LogP contribution in [0.2, 0.25) is 0 Å². The fraction of sp³-hybridized carbons (Fsp3) is 0.632. The highest BCUT2D eigenvalue weighted by atomic mass is 15.3. The summed E-state index contributed by atoms with van der Waals surface area (Å²) in [5, 5.41) is 0. The molecule has 0 aromatic carbocycles. The monoisotopic (exact) mass is 1210 g/mol. The van der Waals surface area contributed by atoms with Crippen LogP contribution < -0.4 is 19.6 Å². The fourth-order valence-corrected chi connectivity index (χ4v) is 15.5. The predicted molar refractivity (Wildman–Crippen MR) is 383 cm³/mol. The van der Waals surface area contributed by atoms with Gasteiger partial charge in [-0.3, -0.25) is 8.80 Å². The van der Waals surface area contributed by atoms with E-state index in [0.29, 0.717) is 0 Å². The maximum atomic E-state index is 4.28. The smallest absolute Gasteiger partial charge is 0.117 e. The van der Waals surface area contributed by atoms with Gasteiger partial charge in [0.15, 0.2) is 0 Å². The summed E-state index contributed by atoms with van der Waals surface area (Å²) in [6.07, 6.45) is 37.1. The van der Waals surface area contributed by atoms with Crippen molar-refractivity contribution >= 4 is 45.1 Å². The number of hydrogen-bond acceptors (Lipinski definition) is 8. The van der Waals surface area contributed by atoms with Crippen LogP contribution in [-0.4, -0.2) is 89.9 Å². The van der Waals surface area contributed by atoms with E-state index in [1.807, 2.05) is 161 Å². The molecule has 0 amide bonds. The second-order valence-corrected chi connectivity index (χ2v) is 23.7. The lowest BCUT2D eigenvalue weighted by atomic mass is 10.0. The highest BCUT2D eigenvalue weighted by Crippen LogP contribution is 2.44. The van der Waals surface area contributed by atoms with Gasteiger partial charge in [0, 0.05) is 64.8 Å². The van der Waals surface area contributed by atoms with E-state index >= 15 is 0 Å². The van der Waals surface area contributed by atoms with Crippen molar-refractivity contribution in [2.45, 2.75) is 216 Å². The number of nitrogens with zero attached hydrogens (tertiary/aromatic N) is 12. The molecule has 0 bridgehead atoms. The molecule has 4 saturated heterocycles. The topological polar surface area (TPSA) is 82.2 Å². The number of aromatic nitrogens is 8. The van der Waals surface area contributed by atoms with E-state index in [2.05, 4.69) is 134 Å². The number of imidazole rings is 4. The van der Waals surface area contributed by atoms with Crippen LogP contribution in [0.15, 0.2) is 98.9 Å². The standard InChI is InChI=1S/4C15H19N3.8C2H6/c1-11-5-14(15-6-16-10-18(15)7-11)17-8-12-3-2-4-13(12)9-17;1-11-5-14-7-16-10-18(14)15(6-11)17-8-12-3-2-4-13(12)9-17;1-11-5-6-17-10-16-7-14(17)15(11)18-8-12-3-2-4-13(12)9-18;1-11-5-6-14-7-16-10-18(14)15(11)17-8-12-3-2-4-13(12)9-17;8*1-2/h4*5-7,10,12-13H,2-4,8-9H2,1H3;8*1-2H3. The van der Waals surface area contributed by atoms with E-state index in [0.717, 1.165) is 47.3 Å². The zero-order valence-corrected chi connectivity index (χ0v) is 59.4. The van der Waals surface area contributed by atoms with E-state index in [1.54, 1.807) is 0 Å². The minimum Gasteiger partial charge on any atom is -0.369 e. The molecule has 488 valence electrons. The second kappa shape index (κ2) is 37.2. The van der Waals surface area contributed by atoms with Gasteiger partial charge in [-0.15, -0.1) is 0 Å². The number of hydrogen-bond donors (Lipinski definition) is 0. The molecule has 0 radical (unpaired) electrons. The molecule has 4 saturated carbocycles. The Morgan fingerprint density at radius 1 is 0.352 bits per heavy atom. The molecule has 4 aliphatic carbocycles. The average Bonchev–Trinajstić information content (AvgIpc) is 4.27. The third kappa shape index (κ3) is 16.9. The van der Waals surface area contributed by atoms with Crippen LogP contribution in [0.4, 0.5) is 23.0 Å². The number of pyridine rings is 4. The van der Waals surface area contributed by atoms with Crippen molar-refractivity contribution in [3.05, 3.63) is 121 Å². The molecule has 12 nitrogen and oxygen atoms in total. The SMILES string of the molecule is CC.CC.CC.CC.CC.CC.CC.CC.Cc1cc(N2CC3CCCC3C2)c2cncn2c1.Cc1cc(N2CC3CCCC3C2)n2cncc2c1.Cc1ccc2cncn2c1N1CC2CCCC2C1.Cc1ccn2cncc2c1N1CC2CCCC2C1. The summed E-state index contributed by atoms with van der Waals surface area (Å²) in [7, 11) is 0. The van der Waals surface area contributed by atoms with Gasteiger partial charge in [0.1, 0.15) is 24.3 Å². The Balaban J connectivity index is 0.000000198. The molecular formula is C76H124N12. The van der Waals surface area contributed by atoms with E-state index < -0.39 is 0 Å². The first-order chi connectivity index (χ1) is 43.3. The van der Waals surface area contributed by atoms with Crippen molar-refractivity contribution in [1.29, 1.82) is 0 Å². The molecule has 8 fully saturated rings. The lowest BCUT2D eigenvalue weighted by Gasteiger charge is -2.23. The van der Waals surface area contributed by atoms with Crippen LogP contribution in [0, 0.1) is 75.0 Å². The van der Waals surface area contributed by atoms with Crippen LogP contribution in [-0.2, 0) is 0 Å². The molecule has 8 atom stereocenters. The first-order valence-electron chi connectivity index (χ1n) is 36.0. The fourth-order valence-electron chi connectivity index (χ4n) is 15.5. The molecular weight excluding hydrogens is 1080 g/mol. The van der Waals surface area contributed by atoms with Crippen LogP contribution in [0.5, 0.6) is 0 Å². The highest BCUT2D eigenvalue weighted by Gasteiger charge is 2.40. The van der Waals surface area contributed by atoms with Gasteiger partial charge in [-0.2, -0.15) is 0 Å². The first kappa shape index (κ1) is 72.7. The van der Waals surface area contributed by atoms with E-state index in [1.165, 1.54) is 197 Å². The number of aryl methyl sites for hydroxylation is 4. The Hall–Kier alpha value is -6.04. The number of rotatable bonds is 4. The van der Waals surface area contributed by atoms with Crippen molar-refractivity contribution in [2.24, 2.45) is 47.3 Å². The largest absolute Gasteiger partial charge is 0.369 e. The van der Waals surface area contributed by atoms with Crippen LogP contribution >= 0.6 is 0 Å². The first-order valence-corrected chi connectivity index (χ1v) is 36.0. The van der Waals surface area contributed by atoms with Crippen molar-refractivity contribution in [2.75, 3.05) is 72.0 Å². The molecule has 0 spiro atoms. The Labute approximate surface area is 536 Å². The van der Waals surface area contributed by atoms with Crippen molar-refractivity contribution in [3.8, 4) is 0 Å². The van der Waals surface area contributed by atoms with Gasteiger partial charge < -0.3 is 28.4 Å². The van der Waals surface area contributed by atoms with Crippen LogP contribution in [0.25, 0.3) is 22.1 Å². The molecule has 4 aliphatic heterocycles. The predicted octanol–water partition coefficient (Wildman–Crippen LogP) is 19.7. The molecule has 8 aromatic heterocycles. The molecule has 8 aromatic rings. The maximum Gasteiger partial charge on any atom is 0.117 e. The Kier molecular flexibility index (Phi) is 30.7. The minimum atomic E-state index is 0.933. The van der Waals surface area contributed by atoms with Gasteiger partial charge in [-0.05, 0) is 179 Å². The third-order valence-electron chi connectivity index (χ3n) is 19.0. The molecule has 16 rings (SSSR count). The zero-order chi connectivity index (χ0) is 64.5. The molecule has 8 unspecified atom stereocenters. The van der Waals surface area contributed by atoms with Crippen molar-refractivity contribution in [1.82, 2.24) is 37.5 Å². The Morgan fingerprint density at radius 2 is 0.773 bits per heavy atom. The molecule has 12 heterocycles. The number of fused-ring (bicyclic) bond motifs is 8. The highest BCUT2D eigenvalue weighted by molar-refractivity contribution is 5.76. The van der Waals surface area contributed by atoms with Crippen LogP contribution in [0.1, 0.15) is 210 Å². The zero-order valence-electron chi connectivity index (χ0n) is 59.4. The lowest BCUT2D eigenvalue weighted by Crippen LogP contribution is -2.24. The van der Waals surface area contributed by atoms with Gasteiger partial charge in [-0.25, -0.2) is 19.9 Å². The van der Waals surface area contributed by atoms with Crippen molar-refractivity contribution in [3.63, 3.8) is 0 Å². The van der Waals surface area contributed by atoms with Crippen molar-refractivity contribution < 1.29 is 0 Å².